The molecule has 7 nitrogen and oxygen atoms in total. The molecular weight excluding hydrogens is 416 g/mol. The molecule has 1 saturated heterocycles. The number of fused-ring (bicyclic) bond motifs is 2. The lowest BCUT2D eigenvalue weighted by molar-refractivity contribution is -0.124. The van der Waals surface area contributed by atoms with E-state index >= 15 is 0 Å². The highest BCUT2D eigenvalue weighted by Crippen LogP contribution is 2.50. The van der Waals surface area contributed by atoms with Crippen LogP contribution in [0.1, 0.15) is 18.4 Å². The highest BCUT2D eigenvalue weighted by Gasteiger charge is 2.56. The van der Waals surface area contributed by atoms with Crippen LogP contribution in [-0.4, -0.2) is 27.7 Å². The number of hydrogen-bond acceptors (Lipinski definition) is 5. The summed E-state index contributed by atoms with van der Waals surface area (Å²) in [5.41, 5.74) is 3.51. The van der Waals surface area contributed by atoms with Crippen molar-refractivity contribution in [1.82, 2.24) is 9.97 Å². The number of allylic oxidation sites excluding steroid dienone is 2. The largest absolute Gasteiger partial charge is 0.326 e. The molecule has 164 valence electrons. The number of nitrogens with one attached hydrogen (secondary N) is 1. The Morgan fingerprint density at radius 1 is 0.879 bits per heavy atom. The summed E-state index contributed by atoms with van der Waals surface area (Å²) < 4.78 is 0. The molecule has 3 aromatic rings. The minimum atomic E-state index is -0.224. The van der Waals surface area contributed by atoms with Crippen LogP contribution in [0.4, 0.5) is 11.4 Å². The third-order valence-corrected chi connectivity index (χ3v) is 7.07. The number of anilines is 2. The fraction of sp³-hybridized carbons (Fsp3) is 0.269. The zero-order chi connectivity index (χ0) is 22.5. The Balaban J connectivity index is 1.15. The predicted octanol–water partition coefficient (Wildman–Crippen LogP) is 3.51. The molecule has 2 heterocycles. The normalized spacial score (nSPS) is 25.5. The second kappa shape index (κ2) is 7.62. The molecule has 0 spiro atoms. The smallest absolute Gasteiger partial charge is 0.238 e. The van der Waals surface area contributed by atoms with Crippen molar-refractivity contribution in [2.45, 2.75) is 19.3 Å². The van der Waals surface area contributed by atoms with Gasteiger partial charge in [-0.05, 0) is 60.6 Å². The lowest BCUT2D eigenvalue weighted by Gasteiger charge is -2.38. The van der Waals surface area contributed by atoms with E-state index in [1.165, 1.54) is 4.90 Å². The number of benzene rings is 2. The molecule has 4 atom stereocenters. The number of carbonyl (C=O) groups is 3. The summed E-state index contributed by atoms with van der Waals surface area (Å²) in [7, 11) is 0. The number of carbonyl (C=O) groups excluding carboxylic acids is 3. The standard InChI is InChI=1S/C26H22N4O3/c31-22(29-18-7-10-20-21(14-18)28-12-11-27-20)13-15-1-8-19(9-2-15)30-25(32)23-16-3-4-17(6-5-16)24(23)26(30)33/h1-4,7-12,14,16-17,23-24H,5-6,13H2,(H,29,31). The first-order chi connectivity index (χ1) is 16.1. The van der Waals surface area contributed by atoms with Crippen molar-refractivity contribution >= 4 is 40.1 Å². The van der Waals surface area contributed by atoms with Crippen LogP contribution in [0, 0.1) is 23.7 Å². The van der Waals surface area contributed by atoms with E-state index in [1.54, 1.807) is 48.8 Å². The summed E-state index contributed by atoms with van der Waals surface area (Å²) >= 11 is 0. The molecule has 2 bridgehead atoms. The Labute approximate surface area is 190 Å². The first-order valence-corrected chi connectivity index (χ1v) is 11.2. The number of imide groups is 1. The Hall–Kier alpha value is -3.87. The van der Waals surface area contributed by atoms with E-state index in [4.69, 9.17) is 0 Å². The number of hydrogen-bond donors (Lipinski definition) is 1. The summed E-state index contributed by atoms with van der Waals surface area (Å²) in [5, 5.41) is 2.88. The Kier molecular flexibility index (Phi) is 4.57. The first-order valence-electron chi connectivity index (χ1n) is 11.2. The van der Waals surface area contributed by atoms with Crippen LogP contribution < -0.4 is 10.2 Å². The van der Waals surface area contributed by atoms with Gasteiger partial charge in [0.15, 0.2) is 0 Å². The average Bonchev–Trinajstić information content (AvgIpc) is 3.12. The van der Waals surface area contributed by atoms with Crippen LogP contribution in [0.5, 0.6) is 0 Å². The van der Waals surface area contributed by atoms with Crippen LogP contribution >= 0.6 is 0 Å². The van der Waals surface area contributed by atoms with E-state index < -0.39 is 0 Å². The van der Waals surface area contributed by atoms with Gasteiger partial charge in [-0.2, -0.15) is 0 Å². The van der Waals surface area contributed by atoms with Gasteiger partial charge in [0.1, 0.15) is 0 Å². The van der Waals surface area contributed by atoms with Crippen molar-refractivity contribution in [2.75, 3.05) is 10.2 Å². The van der Waals surface area contributed by atoms with Crippen molar-refractivity contribution in [2.24, 2.45) is 23.7 Å². The van der Waals surface area contributed by atoms with E-state index in [-0.39, 0.29) is 47.8 Å². The second-order valence-corrected chi connectivity index (χ2v) is 9.00. The van der Waals surface area contributed by atoms with Crippen molar-refractivity contribution in [3.63, 3.8) is 0 Å². The maximum atomic E-state index is 13.1. The molecule has 33 heavy (non-hydrogen) atoms. The van der Waals surface area contributed by atoms with Crippen LogP contribution in [-0.2, 0) is 20.8 Å². The molecule has 4 unspecified atom stereocenters. The lowest BCUT2D eigenvalue weighted by atomic mass is 9.63. The van der Waals surface area contributed by atoms with Gasteiger partial charge in [0.05, 0.1) is 35.0 Å². The predicted molar refractivity (Wildman–Crippen MR) is 123 cm³/mol. The summed E-state index contributed by atoms with van der Waals surface area (Å²) in [6.07, 6.45) is 9.62. The third-order valence-electron chi connectivity index (χ3n) is 7.07. The minimum absolute atomic E-state index is 0.0889. The summed E-state index contributed by atoms with van der Waals surface area (Å²) in [6, 6.07) is 12.5. The molecule has 2 aromatic carbocycles. The highest BCUT2D eigenvalue weighted by atomic mass is 16.2. The van der Waals surface area contributed by atoms with Gasteiger partial charge in [0.2, 0.25) is 17.7 Å². The molecule has 3 aliphatic carbocycles. The molecule has 0 radical (unpaired) electrons. The Bertz CT molecular complexity index is 1280. The number of amides is 3. The fourth-order valence-corrected chi connectivity index (χ4v) is 5.52. The Morgan fingerprint density at radius 2 is 1.52 bits per heavy atom. The van der Waals surface area contributed by atoms with Crippen LogP contribution in [0.15, 0.2) is 67.0 Å². The number of nitrogens with zero attached hydrogens (tertiary/aromatic N) is 3. The molecule has 2 fully saturated rings. The van der Waals surface area contributed by atoms with Gasteiger partial charge in [-0.15, -0.1) is 0 Å². The van der Waals surface area contributed by atoms with E-state index in [2.05, 4.69) is 27.4 Å². The summed E-state index contributed by atoms with van der Waals surface area (Å²) in [5.74, 6) is -0.441. The van der Waals surface area contributed by atoms with Crippen LogP contribution in [0.3, 0.4) is 0 Å². The summed E-state index contributed by atoms with van der Waals surface area (Å²) in [6.45, 7) is 0. The maximum absolute atomic E-state index is 13.1. The van der Waals surface area contributed by atoms with Gasteiger partial charge in [-0.1, -0.05) is 24.3 Å². The van der Waals surface area contributed by atoms with Crippen LogP contribution in [0.25, 0.3) is 11.0 Å². The van der Waals surface area contributed by atoms with Crippen molar-refractivity contribution in [3.8, 4) is 0 Å². The quantitative estimate of drug-likeness (QED) is 0.497. The van der Waals surface area contributed by atoms with Gasteiger partial charge in [0.25, 0.3) is 0 Å². The number of rotatable bonds is 4. The van der Waals surface area contributed by atoms with E-state index in [0.717, 1.165) is 23.9 Å². The van der Waals surface area contributed by atoms with E-state index in [0.29, 0.717) is 16.9 Å². The highest BCUT2D eigenvalue weighted by molar-refractivity contribution is 6.22. The van der Waals surface area contributed by atoms with Gasteiger partial charge in [-0.25, -0.2) is 0 Å². The van der Waals surface area contributed by atoms with Crippen molar-refractivity contribution in [3.05, 3.63) is 72.6 Å². The van der Waals surface area contributed by atoms with E-state index in [9.17, 15) is 14.4 Å². The fourth-order valence-electron chi connectivity index (χ4n) is 5.52. The van der Waals surface area contributed by atoms with Gasteiger partial charge in [-0.3, -0.25) is 29.3 Å². The zero-order valence-corrected chi connectivity index (χ0v) is 17.8. The van der Waals surface area contributed by atoms with Crippen LogP contribution in [0.2, 0.25) is 0 Å². The molecule has 1 aromatic heterocycles. The molecular formula is C26H22N4O3. The molecule has 4 aliphatic rings. The minimum Gasteiger partial charge on any atom is -0.326 e. The lowest BCUT2D eigenvalue weighted by Crippen LogP contribution is -2.38. The SMILES string of the molecule is O=C(Cc1ccc(N2C(=O)C3C4C=CC(CC4)C3C2=O)cc1)Nc1ccc2nccnc2c1. The van der Waals surface area contributed by atoms with Crippen molar-refractivity contribution < 1.29 is 14.4 Å². The van der Waals surface area contributed by atoms with Crippen molar-refractivity contribution in [1.29, 1.82) is 0 Å². The third kappa shape index (κ3) is 3.31. The molecule has 7 rings (SSSR count). The molecule has 1 aliphatic heterocycles. The molecule has 7 heteroatoms. The molecule has 1 N–H and O–H groups in total. The Morgan fingerprint density at radius 3 is 2.15 bits per heavy atom. The van der Waals surface area contributed by atoms with Gasteiger partial charge in [0, 0.05) is 18.1 Å². The summed E-state index contributed by atoms with van der Waals surface area (Å²) in [4.78, 5) is 48.6. The molecule has 1 saturated carbocycles. The first kappa shape index (κ1) is 19.8. The monoisotopic (exact) mass is 438 g/mol. The van der Waals surface area contributed by atoms with Gasteiger partial charge >= 0.3 is 0 Å². The maximum Gasteiger partial charge on any atom is 0.238 e. The van der Waals surface area contributed by atoms with E-state index in [1.807, 2.05) is 6.07 Å². The number of aromatic nitrogens is 2. The van der Waals surface area contributed by atoms with Gasteiger partial charge < -0.3 is 5.32 Å². The zero-order valence-electron chi connectivity index (χ0n) is 17.8. The topological polar surface area (TPSA) is 92.3 Å². The second-order valence-electron chi connectivity index (χ2n) is 9.00. The molecule has 3 amide bonds. The average molecular weight is 438 g/mol.